The minimum absolute atomic E-state index is 0.00904. The summed E-state index contributed by atoms with van der Waals surface area (Å²) in [4.78, 5) is 29.8. The van der Waals surface area contributed by atoms with Crippen LogP contribution in [0, 0.1) is 12.7 Å². The van der Waals surface area contributed by atoms with E-state index in [1.165, 1.54) is 39.0 Å². The van der Waals surface area contributed by atoms with Crippen LogP contribution in [0.5, 0.6) is 0 Å². The van der Waals surface area contributed by atoms with Crippen LogP contribution in [0.25, 0.3) is 21.8 Å². The van der Waals surface area contributed by atoms with E-state index >= 15 is 0 Å². The predicted octanol–water partition coefficient (Wildman–Crippen LogP) is 9.60. The maximum Gasteiger partial charge on any atom is 0.258 e. The molecular weight excluding hydrogens is 671 g/mol. The molecule has 2 aliphatic rings. The van der Waals surface area contributed by atoms with E-state index in [0.29, 0.717) is 24.6 Å². The van der Waals surface area contributed by atoms with Crippen molar-refractivity contribution in [1.29, 1.82) is 0 Å². The van der Waals surface area contributed by atoms with Crippen molar-refractivity contribution in [2.24, 2.45) is 14.1 Å². The Balaban J connectivity index is 0.000000162. The first-order valence-corrected chi connectivity index (χ1v) is 18.7. The Kier molecular flexibility index (Phi) is 10.2. The minimum Gasteiger partial charge on any atom is -0.350 e. The molecule has 0 saturated carbocycles. The fourth-order valence-electron chi connectivity index (χ4n) is 8.28. The van der Waals surface area contributed by atoms with E-state index in [1.54, 1.807) is 17.9 Å². The van der Waals surface area contributed by atoms with Gasteiger partial charge in [0.2, 0.25) is 5.91 Å². The van der Waals surface area contributed by atoms with Crippen molar-refractivity contribution in [3.8, 4) is 0 Å². The van der Waals surface area contributed by atoms with Gasteiger partial charge < -0.3 is 18.9 Å². The Bertz CT molecular complexity index is 2240. The number of hydrogen-bond acceptors (Lipinski definition) is 2. The van der Waals surface area contributed by atoms with Gasteiger partial charge in [-0.05, 0) is 66.6 Å². The number of nitrogens with zero attached hydrogens (tertiary/aromatic N) is 4. The molecule has 2 amide bonds. The van der Waals surface area contributed by atoms with Crippen LogP contribution in [0.3, 0.4) is 0 Å². The zero-order chi connectivity index (χ0) is 36.5. The molecule has 0 N–H and O–H groups in total. The van der Waals surface area contributed by atoms with Crippen LogP contribution in [0.4, 0.5) is 4.39 Å². The van der Waals surface area contributed by atoms with Gasteiger partial charge in [-0.1, -0.05) is 91.3 Å². The van der Waals surface area contributed by atoms with E-state index in [4.69, 9.17) is 11.6 Å². The number of benzene rings is 4. The summed E-state index contributed by atoms with van der Waals surface area (Å²) in [6.07, 6.45) is 7.15. The van der Waals surface area contributed by atoms with Gasteiger partial charge in [0.1, 0.15) is 5.82 Å². The van der Waals surface area contributed by atoms with Crippen molar-refractivity contribution >= 4 is 45.2 Å². The third-order valence-corrected chi connectivity index (χ3v) is 11.6. The maximum atomic E-state index is 14.2. The van der Waals surface area contributed by atoms with Crippen LogP contribution in [0.15, 0.2) is 103 Å². The van der Waals surface area contributed by atoms with Gasteiger partial charge in [0.05, 0.1) is 16.5 Å². The van der Waals surface area contributed by atoms with Crippen LogP contribution in [-0.4, -0.2) is 56.9 Å². The van der Waals surface area contributed by atoms with Gasteiger partial charge in [0, 0.05) is 86.3 Å². The highest BCUT2D eigenvalue weighted by atomic mass is 35.5. The average Bonchev–Trinajstić information content (AvgIpc) is 3.97. The Hall–Kier alpha value is -4.88. The number of hydrogen-bond donors (Lipinski definition) is 0. The maximum absolute atomic E-state index is 14.2. The highest BCUT2D eigenvalue weighted by Crippen LogP contribution is 2.37. The molecule has 4 heterocycles. The lowest BCUT2D eigenvalue weighted by Gasteiger charge is -2.23. The fourth-order valence-corrected chi connectivity index (χ4v) is 8.51. The van der Waals surface area contributed by atoms with Gasteiger partial charge in [-0.15, -0.1) is 0 Å². The monoisotopic (exact) mass is 716 g/mol. The molecule has 8 heteroatoms. The van der Waals surface area contributed by atoms with Crippen molar-refractivity contribution in [2.45, 2.75) is 50.9 Å². The molecule has 2 saturated heterocycles. The molecule has 268 valence electrons. The van der Waals surface area contributed by atoms with E-state index in [1.807, 2.05) is 37.4 Å². The quantitative estimate of drug-likeness (QED) is 0.172. The van der Waals surface area contributed by atoms with Crippen molar-refractivity contribution in [2.75, 3.05) is 26.2 Å². The van der Waals surface area contributed by atoms with E-state index in [2.05, 4.69) is 88.9 Å². The van der Waals surface area contributed by atoms with Crippen LogP contribution in [0.2, 0.25) is 5.02 Å². The summed E-state index contributed by atoms with van der Waals surface area (Å²) in [5.74, 6) is 0.0528. The normalized spacial score (nSPS) is 17.8. The summed E-state index contributed by atoms with van der Waals surface area (Å²) in [6.45, 7) is 6.76. The molecule has 2 aromatic heterocycles. The molecule has 4 aromatic carbocycles. The zero-order valence-corrected chi connectivity index (χ0v) is 31.1. The molecule has 0 radical (unpaired) electrons. The first kappa shape index (κ1) is 35.5. The Morgan fingerprint density at radius 3 is 1.85 bits per heavy atom. The number of aromatic nitrogens is 2. The number of halogens is 2. The van der Waals surface area contributed by atoms with Gasteiger partial charge in [-0.25, -0.2) is 4.39 Å². The number of likely N-dealkylation sites (tertiary alicyclic amines) is 2. The topological polar surface area (TPSA) is 50.5 Å². The highest BCUT2D eigenvalue weighted by molar-refractivity contribution is 6.34. The molecule has 6 nitrogen and oxygen atoms in total. The SMILES string of the molecule is CCC(C(=O)N1CCC(c2cn(C)c3ccccc23)C1)c1ccccc1.Cc1ccc(F)c(C(=O)N2CCC(c3cn(C)c4ccccc34)C2)c1Cl. The molecule has 3 atom stereocenters. The minimum atomic E-state index is -0.556. The molecule has 0 spiro atoms. The number of para-hydroxylation sites is 2. The van der Waals surface area contributed by atoms with Gasteiger partial charge in [-0.3, -0.25) is 9.59 Å². The van der Waals surface area contributed by atoms with Gasteiger partial charge in [0.15, 0.2) is 0 Å². The molecule has 8 rings (SSSR count). The first-order valence-electron chi connectivity index (χ1n) is 18.3. The van der Waals surface area contributed by atoms with Gasteiger partial charge in [0.25, 0.3) is 5.91 Å². The second-order valence-corrected chi connectivity index (χ2v) is 14.7. The van der Waals surface area contributed by atoms with Crippen LogP contribution < -0.4 is 0 Å². The van der Waals surface area contributed by atoms with Gasteiger partial charge >= 0.3 is 0 Å². The second-order valence-electron chi connectivity index (χ2n) is 14.4. The Morgan fingerprint density at radius 1 is 0.750 bits per heavy atom. The van der Waals surface area contributed by atoms with Crippen LogP contribution in [0.1, 0.15) is 76.6 Å². The van der Waals surface area contributed by atoms with Crippen LogP contribution >= 0.6 is 11.6 Å². The van der Waals surface area contributed by atoms with Crippen molar-refractivity contribution < 1.29 is 14.0 Å². The van der Waals surface area contributed by atoms with Crippen molar-refractivity contribution in [3.05, 3.63) is 142 Å². The summed E-state index contributed by atoms with van der Waals surface area (Å²) in [7, 11) is 4.14. The smallest absolute Gasteiger partial charge is 0.258 e. The molecule has 0 bridgehead atoms. The third kappa shape index (κ3) is 6.74. The number of carbonyl (C=O) groups is 2. The zero-order valence-electron chi connectivity index (χ0n) is 30.4. The summed E-state index contributed by atoms with van der Waals surface area (Å²) in [6, 6.07) is 29.9. The summed E-state index contributed by atoms with van der Waals surface area (Å²) >= 11 is 6.22. The Morgan fingerprint density at radius 2 is 1.27 bits per heavy atom. The number of fused-ring (bicyclic) bond motifs is 2. The van der Waals surface area contributed by atoms with Gasteiger partial charge in [-0.2, -0.15) is 0 Å². The third-order valence-electron chi connectivity index (χ3n) is 11.1. The lowest BCUT2D eigenvalue weighted by Crippen LogP contribution is -2.33. The lowest BCUT2D eigenvalue weighted by atomic mass is 9.95. The summed E-state index contributed by atoms with van der Waals surface area (Å²) in [5, 5.41) is 2.75. The summed E-state index contributed by atoms with van der Waals surface area (Å²) < 4.78 is 18.6. The molecule has 3 unspecified atom stereocenters. The molecule has 0 aliphatic carbocycles. The number of carbonyl (C=O) groups excluding carboxylic acids is 2. The molecular formula is C44H46ClFN4O2. The van der Waals surface area contributed by atoms with E-state index in [9.17, 15) is 14.0 Å². The standard InChI is InChI=1S/C23H26N2O.C21H20ClFN2O/c1-3-19(17-9-5-4-6-10-17)23(26)25-14-13-18(15-25)21-16-24(2)22-12-8-7-11-20(21)22;1-13-7-8-17(23)19(20(13)22)21(26)25-10-9-14(11-25)16-12-24(2)18-6-4-3-5-15(16)18/h4-12,16,18-19H,3,13-15H2,1-2H3;3-8,12,14H,9-11H2,1-2H3. The van der Waals surface area contributed by atoms with Crippen molar-refractivity contribution in [3.63, 3.8) is 0 Å². The van der Waals surface area contributed by atoms with E-state index < -0.39 is 5.82 Å². The number of amides is 2. The lowest BCUT2D eigenvalue weighted by molar-refractivity contribution is -0.131. The summed E-state index contributed by atoms with van der Waals surface area (Å²) in [5.41, 5.74) is 6.91. The fraction of sp³-hybridized carbons (Fsp3) is 0.318. The van der Waals surface area contributed by atoms with Crippen molar-refractivity contribution in [1.82, 2.24) is 18.9 Å². The number of aryl methyl sites for hydroxylation is 3. The van der Waals surface area contributed by atoms with E-state index in [0.717, 1.165) is 37.9 Å². The first-order chi connectivity index (χ1) is 25.2. The highest BCUT2D eigenvalue weighted by Gasteiger charge is 2.34. The molecule has 52 heavy (non-hydrogen) atoms. The van der Waals surface area contributed by atoms with Crippen LogP contribution in [-0.2, 0) is 18.9 Å². The largest absolute Gasteiger partial charge is 0.350 e. The predicted molar refractivity (Wildman–Crippen MR) is 209 cm³/mol. The molecule has 6 aromatic rings. The molecule has 2 fully saturated rings. The molecule has 2 aliphatic heterocycles. The second kappa shape index (κ2) is 15.0. The average molecular weight is 717 g/mol. The van der Waals surface area contributed by atoms with E-state index in [-0.39, 0.29) is 34.2 Å². The number of rotatable bonds is 6. The Labute approximate surface area is 310 Å².